The molecule has 1 atom stereocenters. The Morgan fingerprint density at radius 3 is 2.15 bits per heavy atom. The topological polar surface area (TPSA) is 86.8 Å². The van der Waals surface area contributed by atoms with E-state index in [2.05, 4.69) is 5.32 Å². The fraction of sp³-hybridized carbons (Fsp3) is 0.440. The van der Waals surface area contributed by atoms with Crippen LogP contribution in [0.4, 0.5) is 0 Å². The molecule has 0 spiro atoms. The molecule has 2 aromatic rings. The molecule has 2 rings (SSSR count). The van der Waals surface area contributed by atoms with Crippen LogP contribution in [0.1, 0.15) is 44.4 Å². The minimum absolute atomic E-state index is 0.118. The van der Waals surface area contributed by atoms with Crippen LogP contribution in [0.25, 0.3) is 0 Å². The molecule has 0 unspecified atom stereocenters. The van der Waals surface area contributed by atoms with Crippen molar-refractivity contribution >= 4 is 21.8 Å². The minimum atomic E-state index is -3.85. The van der Waals surface area contributed by atoms with Crippen LogP contribution in [0.3, 0.4) is 0 Å². The van der Waals surface area contributed by atoms with Crippen LogP contribution in [0, 0.1) is 13.8 Å². The van der Waals surface area contributed by atoms with Crippen molar-refractivity contribution in [2.24, 2.45) is 0 Å². The second-order valence-corrected chi connectivity index (χ2v) is 11.5. The fourth-order valence-electron chi connectivity index (χ4n) is 3.32. The number of carbonyl (C=O) groups excluding carboxylic acids is 2. The van der Waals surface area contributed by atoms with Gasteiger partial charge >= 0.3 is 0 Å². The largest absolute Gasteiger partial charge is 0.350 e. The molecule has 0 aliphatic carbocycles. The van der Waals surface area contributed by atoms with Crippen molar-refractivity contribution in [3.63, 3.8) is 0 Å². The smallest absolute Gasteiger partial charge is 0.243 e. The van der Waals surface area contributed by atoms with Gasteiger partial charge in [-0.1, -0.05) is 47.5 Å². The molecule has 2 aromatic carbocycles. The molecule has 0 fully saturated rings. The molecule has 2 amide bonds. The Morgan fingerprint density at radius 2 is 1.61 bits per heavy atom. The van der Waals surface area contributed by atoms with E-state index in [1.165, 1.54) is 24.1 Å². The first-order chi connectivity index (χ1) is 15.2. The average molecular weight is 474 g/mol. The first kappa shape index (κ1) is 26.5. The maximum absolute atomic E-state index is 13.3. The Labute approximate surface area is 197 Å². The van der Waals surface area contributed by atoms with E-state index in [1.807, 2.05) is 58.9 Å². The van der Waals surface area contributed by atoms with Gasteiger partial charge < -0.3 is 10.2 Å². The molecular weight excluding hydrogens is 438 g/mol. The predicted octanol–water partition coefficient (Wildman–Crippen LogP) is 3.26. The van der Waals surface area contributed by atoms with Gasteiger partial charge in [0.2, 0.25) is 21.8 Å². The van der Waals surface area contributed by atoms with Crippen LogP contribution in [0.5, 0.6) is 0 Å². The van der Waals surface area contributed by atoms with Crippen LogP contribution >= 0.6 is 0 Å². The molecule has 0 aromatic heterocycles. The maximum atomic E-state index is 13.3. The zero-order valence-electron chi connectivity index (χ0n) is 20.5. The van der Waals surface area contributed by atoms with E-state index >= 15 is 0 Å². The van der Waals surface area contributed by atoms with Crippen LogP contribution in [-0.2, 0) is 26.2 Å². The van der Waals surface area contributed by atoms with Crippen LogP contribution in [0.15, 0.2) is 53.4 Å². The zero-order chi connectivity index (χ0) is 25.0. The van der Waals surface area contributed by atoms with Gasteiger partial charge in [-0.25, -0.2) is 8.42 Å². The molecule has 0 aliphatic heterocycles. The van der Waals surface area contributed by atoms with Gasteiger partial charge in [0.05, 0.1) is 11.4 Å². The zero-order valence-corrected chi connectivity index (χ0v) is 21.4. The lowest BCUT2D eigenvalue weighted by Crippen LogP contribution is -2.54. The Kier molecular flexibility index (Phi) is 8.43. The SMILES string of the molecule is Cc1ccc(S(=O)(=O)N(C)CC(=O)N(Cc2cccc(C)c2)[C@@H](C)C(=O)NC(C)(C)C)cc1. The molecule has 0 saturated heterocycles. The van der Waals surface area contributed by atoms with Gasteiger partial charge in [-0.15, -0.1) is 0 Å². The molecular formula is C25H35N3O4S. The lowest BCUT2D eigenvalue weighted by Gasteiger charge is -2.32. The van der Waals surface area contributed by atoms with E-state index in [-0.39, 0.29) is 23.9 Å². The third kappa shape index (κ3) is 7.40. The second-order valence-electron chi connectivity index (χ2n) is 9.50. The number of likely N-dealkylation sites (N-methyl/N-ethyl adjacent to an activating group) is 1. The number of hydrogen-bond acceptors (Lipinski definition) is 4. The van der Waals surface area contributed by atoms with Gasteiger partial charge in [-0.3, -0.25) is 9.59 Å². The highest BCUT2D eigenvalue weighted by Crippen LogP contribution is 2.17. The van der Waals surface area contributed by atoms with Crippen molar-refractivity contribution in [3.8, 4) is 0 Å². The summed E-state index contributed by atoms with van der Waals surface area (Å²) >= 11 is 0. The number of nitrogens with zero attached hydrogens (tertiary/aromatic N) is 2. The van der Waals surface area contributed by atoms with Gasteiger partial charge in [0, 0.05) is 19.1 Å². The van der Waals surface area contributed by atoms with E-state index in [0.29, 0.717) is 0 Å². The molecule has 7 nitrogen and oxygen atoms in total. The number of aryl methyl sites for hydroxylation is 2. The van der Waals surface area contributed by atoms with Crippen LogP contribution < -0.4 is 5.32 Å². The number of hydrogen-bond donors (Lipinski definition) is 1. The Bertz CT molecular complexity index is 1090. The first-order valence-electron chi connectivity index (χ1n) is 10.9. The molecule has 180 valence electrons. The number of amides is 2. The normalized spacial score (nSPS) is 13.0. The standard InChI is InChI=1S/C25H35N3O4S/c1-18-11-13-22(14-12-18)33(31,32)27(7)17-23(29)28(16-21-10-8-9-19(2)15-21)20(3)24(30)26-25(4,5)6/h8-15,20H,16-17H2,1-7H3,(H,26,30)/t20-/m0/s1. The Balaban J connectivity index is 2.29. The third-order valence-electron chi connectivity index (χ3n) is 5.19. The highest BCUT2D eigenvalue weighted by atomic mass is 32.2. The number of sulfonamides is 1. The molecule has 8 heteroatoms. The van der Waals surface area contributed by atoms with Crippen molar-refractivity contribution < 1.29 is 18.0 Å². The van der Waals surface area contributed by atoms with Crippen molar-refractivity contribution in [2.75, 3.05) is 13.6 Å². The lowest BCUT2D eigenvalue weighted by molar-refractivity contribution is -0.141. The lowest BCUT2D eigenvalue weighted by atomic mass is 10.1. The van der Waals surface area contributed by atoms with E-state index in [1.54, 1.807) is 19.1 Å². The minimum Gasteiger partial charge on any atom is -0.350 e. The fourth-order valence-corrected chi connectivity index (χ4v) is 4.44. The molecule has 0 heterocycles. The molecule has 1 N–H and O–H groups in total. The molecule has 0 aliphatic rings. The Hall–Kier alpha value is -2.71. The van der Waals surface area contributed by atoms with Crippen LogP contribution in [0.2, 0.25) is 0 Å². The average Bonchev–Trinajstić information content (AvgIpc) is 2.70. The molecule has 0 saturated carbocycles. The summed E-state index contributed by atoms with van der Waals surface area (Å²) in [5.41, 5.74) is 2.37. The maximum Gasteiger partial charge on any atom is 0.243 e. The third-order valence-corrected chi connectivity index (χ3v) is 7.01. The second kappa shape index (κ2) is 10.5. The Morgan fingerprint density at radius 1 is 1.00 bits per heavy atom. The molecule has 0 bridgehead atoms. The molecule has 33 heavy (non-hydrogen) atoms. The summed E-state index contributed by atoms with van der Waals surface area (Å²) in [7, 11) is -2.48. The van der Waals surface area contributed by atoms with Crippen molar-refractivity contribution in [2.45, 2.75) is 64.6 Å². The van der Waals surface area contributed by atoms with E-state index in [9.17, 15) is 18.0 Å². The predicted molar refractivity (Wildman–Crippen MR) is 130 cm³/mol. The van der Waals surface area contributed by atoms with E-state index in [0.717, 1.165) is 21.0 Å². The number of rotatable bonds is 8. The van der Waals surface area contributed by atoms with Gasteiger partial charge in [0.15, 0.2) is 0 Å². The van der Waals surface area contributed by atoms with Gasteiger partial charge in [-0.05, 0) is 59.2 Å². The summed E-state index contributed by atoms with van der Waals surface area (Å²) in [6.45, 7) is 10.9. The van der Waals surface area contributed by atoms with Gasteiger partial charge in [-0.2, -0.15) is 4.31 Å². The highest BCUT2D eigenvalue weighted by Gasteiger charge is 2.31. The summed E-state index contributed by atoms with van der Waals surface area (Å²) < 4.78 is 27.0. The summed E-state index contributed by atoms with van der Waals surface area (Å²) in [5, 5.41) is 2.90. The van der Waals surface area contributed by atoms with Crippen LogP contribution in [-0.4, -0.2) is 54.6 Å². The van der Waals surface area contributed by atoms with Crippen molar-refractivity contribution in [3.05, 3.63) is 65.2 Å². The number of carbonyl (C=O) groups is 2. The van der Waals surface area contributed by atoms with Gasteiger partial charge in [0.1, 0.15) is 6.04 Å². The first-order valence-corrected chi connectivity index (χ1v) is 12.3. The summed E-state index contributed by atoms with van der Waals surface area (Å²) in [4.78, 5) is 27.7. The van der Waals surface area contributed by atoms with Crippen molar-refractivity contribution in [1.82, 2.24) is 14.5 Å². The highest BCUT2D eigenvalue weighted by molar-refractivity contribution is 7.89. The van der Waals surface area contributed by atoms with Gasteiger partial charge in [0.25, 0.3) is 0 Å². The van der Waals surface area contributed by atoms with Crippen molar-refractivity contribution in [1.29, 1.82) is 0 Å². The summed E-state index contributed by atoms with van der Waals surface area (Å²) in [5.74, 6) is -0.751. The summed E-state index contributed by atoms with van der Waals surface area (Å²) in [6.07, 6.45) is 0. The number of nitrogens with one attached hydrogen (secondary N) is 1. The quantitative estimate of drug-likeness (QED) is 0.638. The number of benzene rings is 2. The molecule has 0 radical (unpaired) electrons. The van der Waals surface area contributed by atoms with E-state index in [4.69, 9.17) is 0 Å². The monoisotopic (exact) mass is 473 g/mol. The summed E-state index contributed by atoms with van der Waals surface area (Å²) in [6, 6.07) is 13.4. The van der Waals surface area contributed by atoms with E-state index < -0.39 is 27.5 Å².